The van der Waals surface area contributed by atoms with E-state index in [1.54, 1.807) is 7.05 Å². The van der Waals surface area contributed by atoms with Crippen LogP contribution < -0.4 is 5.32 Å². The minimum Gasteiger partial charge on any atom is -0.368 e. The summed E-state index contributed by atoms with van der Waals surface area (Å²) in [7, 11) is 1.81. The van der Waals surface area contributed by atoms with Crippen molar-refractivity contribution in [3.8, 4) is 0 Å². The number of hydrogen-bond acceptors (Lipinski definition) is 3. The third-order valence-electron chi connectivity index (χ3n) is 4.88. The van der Waals surface area contributed by atoms with Gasteiger partial charge in [-0.1, -0.05) is 29.8 Å². The lowest BCUT2D eigenvalue weighted by molar-refractivity contribution is -0.142. The van der Waals surface area contributed by atoms with Crippen molar-refractivity contribution in [1.29, 1.82) is 0 Å². The molecule has 6 nitrogen and oxygen atoms in total. The van der Waals surface area contributed by atoms with Gasteiger partial charge in [-0.05, 0) is 25.3 Å². The molecule has 0 radical (unpaired) electrons. The molecule has 1 aromatic carbocycles. The second kappa shape index (κ2) is 10.1. The first-order chi connectivity index (χ1) is 12.2. The SMILES string of the molecule is CN=C(NCc1ccc(C)cc1)N1CCN(C(=O)C2CCCO2)CC1.I. The van der Waals surface area contributed by atoms with Crippen LogP contribution in [0.15, 0.2) is 29.3 Å². The van der Waals surface area contributed by atoms with Crippen LogP contribution in [0.1, 0.15) is 24.0 Å². The van der Waals surface area contributed by atoms with E-state index >= 15 is 0 Å². The average molecular weight is 472 g/mol. The number of aryl methyl sites for hydroxylation is 1. The zero-order valence-corrected chi connectivity index (χ0v) is 17.9. The van der Waals surface area contributed by atoms with E-state index in [-0.39, 0.29) is 36.0 Å². The van der Waals surface area contributed by atoms with Gasteiger partial charge in [0.25, 0.3) is 5.91 Å². The molecule has 1 unspecified atom stereocenters. The molecule has 7 heteroatoms. The van der Waals surface area contributed by atoms with Gasteiger partial charge in [0, 0.05) is 46.4 Å². The summed E-state index contributed by atoms with van der Waals surface area (Å²) in [5, 5.41) is 3.42. The molecule has 0 spiro atoms. The Morgan fingerprint density at radius 2 is 1.85 bits per heavy atom. The molecule has 26 heavy (non-hydrogen) atoms. The fourth-order valence-corrected chi connectivity index (χ4v) is 3.33. The van der Waals surface area contributed by atoms with Crippen molar-refractivity contribution in [3.05, 3.63) is 35.4 Å². The second-order valence-electron chi connectivity index (χ2n) is 6.70. The third-order valence-corrected chi connectivity index (χ3v) is 4.88. The van der Waals surface area contributed by atoms with Gasteiger partial charge in [0.15, 0.2) is 5.96 Å². The molecule has 2 aliphatic heterocycles. The number of guanidine groups is 1. The average Bonchev–Trinajstić information content (AvgIpc) is 3.18. The van der Waals surface area contributed by atoms with E-state index in [1.807, 2.05) is 4.90 Å². The first-order valence-electron chi connectivity index (χ1n) is 9.09. The number of amides is 1. The van der Waals surface area contributed by atoms with E-state index in [0.29, 0.717) is 6.61 Å². The van der Waals surface area contributed by atoms with Gasteiger partial charge in [-0.3, -0.25) is 9.79 Å². The van der Waals surface area contributed by atoms with E-state index in [1.165, 1.54) is 11.1 Å². The Kier molecular flexibility index (Phi) is 8.15. The van der Waals surface area contributed by atoms with Crippen LogP contribution in [-0.2, 0) is 16.1 Å². The van der Waals surface area contributed by atoms with Gasteiger partial charge in [-0.2, -0.15) is 0 Å². The molecule has 3 rings (SSSR count). The minimum absolute atomic E-state index is 0. The highest BCUT2D eigenvalue weighted by Crippen LogP contribution is 2.16. The van der Waals surface area contributed by atoms with Crippen LogP contribution in [0.2, 0.25) is 0 Å². The summed E-state index contributed by atoms with van der Waals surface area (Å²) in [5.74, 6) is 1.05. The number of carbonyl (C=O) groups excluding carboxylic acids is 1. The number of piperazine rings is 1. The Bertz CT molecular complexity index is 606. The topological polar surface area (TPSA) is 57.2 Å². The molecule has 1 aromatic rings. The first-order valence-corrected chi connectivity index (χ1v) is 9.09. The lowest BCUT2D eigenvalue weighted by Crippen LogP contribution is -2.55. The Hall–Kier alpha value is -1.35. The maximum absolute atomic E-state index is 12.4. The number of nitrogens with zero attached hydrogens (tertiary/aromatic N) is 3. The molecular weight excluding hydrogens is 443 g/mol. The van der Waals surface area contributed by atoms with E-state index < -0.39 is 0 Å². The maximum Gasteiger partial charge on any atom is 0.251 e. The first kappa shape index (κ1) is 21.0. The van der Waals surface area contributed by atoms with Gasteiger partial charge >= 0.3 is 0 Å². The monoisotopic (exact) mass is 472 g/mol. The zero-order valence-electron chi connectivity index (χ0n) is 15.6. The zero-order chi connectivity index (χ0) is 17.6. The summed E-state index contributed by atoms with van der Waals surface area (Å²) in [5.41, 5.74) is 2.50. The quantitative estimate of drug-likeness (QED) is 0.416. The molecule has 2 heterocycles. The number of rotatable bonds is 3. The summed E-state index contributed by atoms with van der Waals surface area (Å²) in [4.78, 5) is 21.0. The fraction of sp³-hybridized carbons (Fsp3) is 0.579. The molecule has 0 bridgehead atoms. The standard InChI is InChI=1S/C19H28N4O2.HI/c1-15-5-7-16(8-6-15)14-21-19(20-2)23-11-9-22(10-12-23)18(24)17-4-3-13-25-17;/h5-8,17H,3-4,9-14H2,1-2H3,(H,20,21);1H. The van der Waals surface area contributed by atoms with Crippen molar-refractivity contribution >= 4 is 35.8 Å². The molecule has 2 aliphatic rings. The number of aliphatic imine (C=N–C) groups is 1. The largest absolute Gasteiger partial charge is 0.368 e. The van der Waals surface area contributed by atoms with Crippen molar-refractivity contribution in [2.24, 2.45) is 4.99 Å². The number of ether oxygens (including phenoxy) is 1. The van der Waals surface area contributed by atoms with Crippen LogP contribution >= 0.6 is 24.0 Å². The van der Waals surface area contributed by atoms with Gasteiger partial charge in [-0.25, -0.2) is 0 Å². The molecule has 0 aromatic heterocycles. The van der Waals surface area contributed by atoms with Crippen LogP contribution in [0.5, 0.6) is 0 Å². The molecule has 0 aliphatic carbocycles. The molecule has 2 fully saturated rings. The second-order valence-corrected chi connectivity index (χ2v) is 6.70. The van der Waals surface area contributed by atoms with Crippen molar-refractivity contribution < 1.29 is 9.53 Å². The van der Waals surface area contributed by atoms with Crippen molar-refractivity contribution in [3.63, 3.8) is 0 Å². The van der Waals surface area contributed by atoms with E-state index in [9.17, 15) is 4.79 Å². The third kappa shape index (κ3) is 5.33. The van der Waals surface area contributed by atoms with E-state index in [0.717, 1.165) is 51.5 Å². The van der Waals surface area contributed by atoms with E-state index in [4.69, 9.17) is 4.74 Å². The molecule has 2 saturated heterocycles. The van der Waals surface area contributed by atoms with Crippen LogP contribution in [-0.4, -0.2) is 67.6 Å². The van der Waals surface area contributed by atoms with Crippen LogP contribution in [0.25, 0.3) is 0 Å². The van der Waals surface area contributed by atoms with Crippen molar-refractivity contribution in [1.82, 2.24) is 15.1 Å². The minimum atomic E-state index is -0.217. The van der Waals surface area contributed by atoms with Gasteiger partial charge in [-0.15, -0.1) is 24.0 Å². The Balaban J connectivity index is 0.00000243. The van der Waals surface area contributed by atoms with Gasteiger partial charge in [0.1, 0.15) is 6.10 Å². The highest BCUT2D eigenvalue weighted by Gasteiger charge is 2.30. The summed E-state index contributed by atoms with van der Waals surface area (Å²) >= 11 is 0. The number of nitrogens with one attached hydrogen (secondary N) is 1. The molecule has 1 atom stereocenters. The molecule has 1 amide bonds. The predicted molar refractivity (Wildman–Crippen MR) is 114 cm³/mol. The number of halogens is 1. The fourth-order valence-electron chi connectivity index (χ4n) is 3.33. The summed E-state index contributed by atoms with van der Waals surface area (Å²) in [6, 6.07) is 8.51. The Morgan fingerprint density at radius 1 is 1.19 bits per heavy atom. The van der Waals surface area contributed by atoms with Crippen molar-refractivity contribution in [2.45, 2.75) is 32.4 Å². The number of hydrogen-bond donors (Lipinski definition) is 1. The highest BCUT2D eigenvalue weighted by molar-refractivity contribution is 14.0. The Labute approximate surface area is 173 Å². The summed E-state index contributed by atoms with van der Waals surface area (Å²) in [6.07, 6.45) is 1.63. The summed E-state index contributed by atoms with van der Waals surface area (Å²) < 4.78 is 5.52. The van der Waals surface area contributed by atoms with Gasteiger partial charge in [0.05, 0.1) is 0 Å². The highest BCUT2D eigenvalue weighted by atomic mass is 127. The number of carbonyl (C=O) groups is 1. The van der Waals surface area contributed by atoms with E-state index in [2.05, 4.69) is 46.4 Å². The van der Waals surface area contributed by atoms with Crippen LogP contribution in [0.4, 0.5) is 0 Å². The van der Waals surface area contributed by atoms with Gasteiger partial charge in [0.2, 0.25) is 0 Å². The lowest BCUT2D eigenvalue weighted by atomic mass is 10.1. The lowest BCUT2D eigenvalue weighted by Gasteiger charge is -2.37. The number of benzene rings is 1. The normalized spacial score (nSPS) is 20.7. The molecule has 144 valence electrons. The predicted octanol–water partition coefficient (Wildman–Crippen LogP) is 2.01. The van der Waals surface area contributed by atoms with Crippen LogP contribution in [0.3, 0.4) is 0 Å². The van der Waals surface area contributed by atoms with Crippen molar-refractivity contribution in [2.75, 3.05) is 39.8 Å². The molecule has 0 saturated carbocycles. The molecule has 1 N–H and O–H groups in total. The van der Waals surface area contributed by atoms with Gasteiger partial charge < -0.3 is 19.9 Å². The summed E-state index contributed by atoms with van der Waals surface area (Å²) in [6.45, 7) is 6.60. The van der Waals surface area contributed by atoms with Crippen LogP contribution in [0, 0.1) is 6.92 Å². The smallest absolute Gasteiger partial charge is 0.251 e. The molecular formula is C19H29IN4O2. The maximum atomic E-state index is 12.4. The Morgan fingerprint density at radius 3 is 2.42 bits per heavy atom.